The molecule has 0 aliphatic carbocycles. The molecule has 2 fully saturated rings. The van der Waals surface area contributed by atoms with Crippen molar-refractivity contribution < 1.29 is 29.4 Å². The number of nitrogens with one attached hydrogen (secondary N) is 2. The molecule has 0 aromatic heterocycles. The minimum Gasteiger partial charge on any atom is -0.481 e. The average Bonchev–Trinajstić information content (AvgIpc) is 2.91. The van der Waals surface area contributed by atoms with Gasteiger partial charge in [-0.05, 0) is 86.1 Å². The second kappa shape index (κ2) is 11.5. The van der Waals surface area contributed by atoms with Crippen molar-refractivity contribution in [3.8, 4) is 11.1 Å². The van der Waals surface area contributed by atoms with Gasteiger partial charge in [0.15, 0.2) is 0 Å². The number of rotatable bonds is 5. The molecular weight excluding hydrogens is 488 g/mol. The summed E-state index contributed by atoms with van der Waals surface area (Å²) in [5, 5.41) is 24.4. The number of carboxylic acid groups (broad SMARTS) is 2. The lowest BCUT2D eigenvalue weighted by molar-refractivity contribution is -0.144. The number of amides is 4. The number of hydrogen-bond acceptors (Lipinski definition) is 4. The van der Waals surface area contributed by atoms with Crippen molar-refractivity contribution in [1.29, 1.82) is 0 Å². The first-order valence-electron chi connectivity index (χ1n) is 12.9. The van der Waals surface area contributed by atoms with Gasteiger partial charge in [0.25, 0.3) is 0 Å². The van der Waals surface area contributed by atoms with E-state index in [1.165, 1.54) is 0 Å². The van der Waals surface area contributed by atoms with Crippen molar-refractivity contribution in [2.45, 2.75) is 39.5 Å². The van der Waals surface area contributed by atoms with E-state index in [-0.39, 0.29) is 25.2 Å². The van der Waals surface area contributed by atoms with E-state index in [1.54, 1.807) is 9.80 Å². The molecule has 2 aromatic carbocycles. The van der Waals surface area contributed by atoms with Crippen molar-refractivity contribution >= 4 is 35.4 Å². The predicted molar refractivity (Wildman–Crippen MR) is 143 cm³/mol. The number of carbonyl (C=O) groups is 4. The molecule has 2 heterocycles. The molecule has 2 aliphatic heterocycles. The van der Waals surface area contributed by atoms with E-state index in [4.69, 9.17) is 0 Å². The lowest BCUT2D eigenvalue weighted by Crippen LogP contribution is -2.44. The number of likely N-dealkylation sites (tertiary alicyclic amines) is 2. The van der Waals surface area contributed by atoms with E-state index in [0.717, 1.165) is 22.3 Å². The number of anilines is 2. The van der Waals surface area contributed by atoms with Gasteiger partial charge in [0.1, 0.15) is 0 Å². The van der Waals surface area contributed by atoms with Crippen LogP contribution >= 0.6 is 0 Å². The molecule has 0 bridgehead atoms. The van der Waals surface area contributed by atoms with Gasteiger partial charge < -0.3 is 30.6 Å². The largest absolute Gasteiger partial charge is 0.481 e. The second-order valence-corrected chi connectivity index (χ2v) is 10.2. The van der Waals surface area contributed by atoms with Crippen LogP contribution in [0.5, 0.6) is 0 Å². The van der Waals surface area contributed by atoms with E-state index in [1.807, 2.05) is 50.2 Å². The van der Waals surface area contributed by atoms with Crippen LogP contribution in [0.25, 0.3) is 11.1 Å². The number of carboxylic acids is 2. The van der Waals surface area contributed by atoms with E-state index < -0.39 is 23.8 Å². The van der Waals surface area contributed by atoms with Gasteiger partial charge in [-0.15, -0.1) is 0 Å². The van der Waals surface area contributed by atoms with E-state index in [2.05, 4.69) is 10.6 Å². The molecule has 0 radical (unpaired) electrons. The normalized spacial score (nSPS) is 19.5. The Morgan fingerprint density at radius 2 is 1.11 bits per heavy atom. The molecule has 10 heteroatoms. The number of nitrogens with zero attached hydrogens (tertiary/aromatic N) is 2. The average molecular weight is 523 g/mol. The van der Waals surface area contributed by atoms with Gasteiger partial charge in [-0.25, -0.2) is 9.59 Å². The van der Waals surface area contributed by atoms with Crippen molar-refractivity contribution in [2.24, 2.45) is 11.8 Å². The first kappa shape index (κ1) is 27.0. The molecule has 0 spiro atoms. The molecular formula is C28H34N4O6. The molecule has 0 saturated carbocycles. The Balaban J connectivity index is 1.40. The minimum atomic E-state index is -0.873. The Labute approximate surface area is 221 Å². The van der Waals surface area contributed by atoms with E-state index >= 15 is 0 Å². The Bertz CT molecular complexity index is 1150. The highest BCUT2D eigenvalue weighted by atomic mass is 16.4. The van der Waals surface area contributed by atoms with Gasteiger partial charge in [0.05, 0.1) is 11.8 Å². The molecule has 2 aliphatic rings. The summed E-state index contributed by atoms with van der Waals surface area (Å²) in [5.41, 5.74) is 4.97. The zero-order valence-electron chi connectivity index (χ0n) is 21.7. The summed E-state index contributed by atoms with van der Waals surface area (Å²) in [6.07, 6.45) is 2.49. The van der Waals surface area contributed by atoms with Gasteiger partial charge in [-0.3, -0.25) is 9.59 Å². The van der Waals surface area contributed by atoms with Crippen molar-refractivity contribution in [3.05, 3.63) is 47.5 Å². The summed E-state index contributed by atoms with van der Waals surface area (Å²) in [6, 6.07) is 10.8. The SMILES string of the molecule is Cc1cc(-c2ccc(NC(=O)N3CCC[C@@H](C(=O)O)C3)c(C)c2)ccc1NC(=O)N1CCC[C@@H](C(=O)O)C1. The summed E-state index contributed by atoms with van der Waals surface area (Å²) in [6.45, 7) is 5.29. The fourth-order valence-corrected chi connectivity index (χ4v) is 5.08. The smallest absolute Gasteiger partial charge is 0.321 e. The van der Waals surface area contributed by atoms with Crippen LogP contribution in [-0.2, 0) is 9.59 Å². The van der Waals surface area contributed by atoms with Crippen LogP contribution in [0.15, 0.2) is 36.4 Å². The molecule has 4 N–H and O–H groups in total. The number of aliphatic carboxylic acids is 2. The van der Waals surface area contributed by atoms with Gasteiger partial charge in [-0.1, -0.05) is 12.1 Å². The number of aryl methyl sites for hydroxylation is 2. The summed E-state index contributed by atoms with van der Waals surface area (Å²) >= 11 is 0. The molecule has 202 valence electrons. The first-order chi connectivity index (χ1) is 18.1. The van der Waals surface area contributed by atoms with Crippen LogP contribution in [0, 0.1) is 25.7 Å². The lowest BCUT2D eigenvalue weighted by Gasteiger charge is -2.31. The minimum absolute atomic E-state index is 0.207. The Morgan fingerprint density at radius 1 is 0.711 bits per heavy atom. The van der Waals surface area contributed by atoms with Crippen LogP contribution in [0.1, 0.15) is 36.8 Å². The maximum atomic E-state index is 12.7. The van der Waals surface area contributed by atoms with Crippen LogP contribution in [-0.4, -0.2) is 70.2 Å². The van der Waals surface area contributed by atoms with Crippen LogP contribution in [0.3, 0.4) is 0 Å². The number of carbonyl (C=O) groups excluding carboxylic acids is 2. The Kier molecular flexibility index (Phi) is 8.19. The molecule has 4 rings (SSSR count). The van der Waals surface area contributed by atoms with E-state index in [0.29, 0.717) is 50.1 Å². The molecule has 10 nitrogen and oxygen atoms in total. The van der Waals surface area contributed by atoms with Crippen molar-refractivity contribution in [1.82, 2.24) is 9.80 Å². The third kappa shape index (κ3) is 6.24. The monoisotopic (exact) mass is 522 g/mol. The third-order valence-corrected chi connectivity index (χ3v) is 7.39. The van der Waals surface area contributed by atoms with Gasteiger partial charge in [0.2, 0.25) is 0 Å². The Hall–Kier alpha value is -4.08. The van der Waals surface area contributed by atoms with Crippen molar-refractivity contribution in [2.75, 3.05) is 36.8 Å². The zero-order valence-corrected chi connectivity index (χ0v) is 21.7. The van der Waals surface area contributed by atoms with Gasteiger partial charge >= 0.3 is 24.0 Å². The number of urea groups is 2. The first-order valence-corrected chi connectivity index (χ1v) is 12.9. The molecule has 2 atom stereocenters. The second-order valence-electron chi connectivity index (χ2n) is 10.2. The highest BCUT2D eigenvalue weighted by Crippen LogP contribution is 2.29. The number of piperidine rings is 2. The quantitative estimate of drug-likeness (QED) is 0.452. The van der Waals surface area contributed by atoms with Gasteiger partial charge in [0, 0.05) is 37.6 Å². The summed E-state index contributed by atoms with van der Waals surface area (Å²) in [7, 11) is 0. The fraction of sp³-hybridized carbons (Fsp3) is 0.429. The van der Waals surface area contributed by atoms with Crippen molar-refractivity contribution in [3.63, 3.8) is 0 Å². The standard InChI is InChI=1S/C28H34N4O6/c1-17-13-19(7-9-23(17)29-27(37)31-11-3-5-21(15-31)25(33)34)20-8-10-24(18(2)14-20)30-28(38)32-12-4-6-22(16-32)26(35)36/h7-10,13-14,21-22H,3-6,11-12,15-16H2,1-2H3,(H,29,37)(H,30,38)(H,33,34)(H,35,36)/t21-,22-/m1/s1. The number of hydrogen-bond donors (Lipinski definition) is 4. The summed E-state index contributed by atoms with van der Waals surface area (Å²) < 4.78 is 0. The van der Waals surface area contributed by atoms with Crippen LogP contribution in [0.4, 0.5) is 21.0 Å². The molecule has 0 unspecified atom stereocenters. The van der Waals surface area contributed by atoms with E-state index in [9.17, 15) is 29.4 Å². The zero-order chi connectivity index (χ0) is 27.4. The van der Waals surface area contributed by atoms with Crippen LogP contribution < -0.4 is 10.6 Å². The number of benzene rings is 2. The molecule has 4 amide bonds. The predicted octanol–water partition coefficient (Wildman–Crippen LogP) is 4.63. The molecule has 2 aromatic rings. The third-order valence-electron chi connectivity index (χ3n) is 7.39. The molecule has 38 heavy (non-hydrogen) atoms. The highest BCUT2D eigenvalue weighted by Gasteiger charge is 2.29. The van der Waals surface area contributed by atoms with Crippen LogP contribution in [0.2, 0.25) is 0 Å². The fourth-order valence-electron chi connectivity index (χ4n) is 5.08. The maximum Gasteiger partial charge on any atom is 0.321 e. The van der Waals surface area contributed by atoms with Gasteiger partial charge in [-0.2, -0.15) is 0 Å². The molecule has 2 saturated heterocycles. The maximum absolute atomic E-state index is 12.7. The summed E-state index contributed by atoms with van der Waals surface area (Å²) in [4.78, 5) is 51.2. The summed E-state index contributed by atoms with van der Waals surface area (Å²) in [5.74, 6) is -2.81. The highest BCUT2D eigenvalue weighted by molar-refractivity contribution is 5.92. The lowest BCUT2D eigenvalue weighted by atomic mass is 9.98. The topological polar surface area (TPSA) is 139 Å². The Morgan fingerprint density at radius 3 is 1.45 bits per heavy atom.